The summed E-state index contributed by atoms with van der Waals surface area (Å²) in [5, 5.41) is 3.12. The molecule has 1 aromatic carbocycles. The van der Waals surface area contributed by atoms with Crippen molar-refractivity contribution in [2.24, 2.45) is 17.6 Å². The third-order valence-corrected chi connectivity index (χ3v) is 4.66. The van der Waals surface area contributed by atoms with E-state index in [-0.39, 0.29) is 11.9 Å². The Morgan fingerprint density at radius 3 is 2.45 bits per heavy atom. The Morgan fingerprint density at radius 1 is 1.20 bits per heavy atom. The highest BCUT2D eigenvalue weighted by Crippen LogP contribution is 2.29. The summed E-state index contributed by atoms with van der Waals surface area (Å²) in [6.07, 6.45) is 3.32. The van der Waals surface area contributed by atoms with Gasteiger partial charge in [0.15, 0.2) is 0 Å². The van der Waals surface area contributed by atoms with Crippen LogP contribution in [0, 0.1) is 18.8 Å². The van der Waals surface area contributed by atoms with Gasteiger partial charge in [0.25, 0.3) is 0 Å². The second kappa shape index (κ2) is 6.40. The van der Waals surface area contributed by atoms with Gasteiger partial charge in [0, 0.05) is 6.04 Å². The molecule has 0 radical (unpaired) electrons. The number of hydrogen-bond donors (Lipinski definition) is 2. The van der Waals surface area contributed by atoms with Crippen LogP contribution in [0.25, 0.3) is 0 Å². The zero-order valence-electron chi connectivity index (χ0n) is 12.7. The van der Waals surface area contributed by atoms with E-state index in [1.165, 1.54) is 12.0 Å². The van der Waals surface area contributed by atoms with Crippen LogP contribution in [0.2, 0.25) is 0 Å². The first-order valence-electron chi connectivity index (χ1n) is 7.60. The number of carbonyl (C=O) groups excluding carboxylic acids is 1. The van der Waals surface area contributed by atoms with Crippen molar-refractivity contribution in [1.82, 2.24) is 5.32 Å². The van der Waals surface area contributed by atoms with Gasteiger partial charge in [-0.1, -0.05) is 43.7 Å². The molecular weight excluding hydrogens is 248 g/mol. The average molecular weight is 274 g/mol. The summed E-state index contributed by atoms with van der Waals surface area (Å²) in [4.78, 5) is 12.2. The van der Waals surface area contributed by atoms with Crippen LogP contribution < -0.4 is 11.1 Å². The molecule has 0 spiro atoms. The van der Waals surface area contributed by atoms with Crippen LogP contribution in [0.3, 0.4) is 0 Å². The van der Waals surface area contributed by atoms with Crippen LogP contribution >= 0.6 is 0 Å². The molecule has 1 saturated carbocycles. The lowest BCUT2D eigenvalue weighted by Gasteiger charge is -2.33. The molecule has 4 atom stereocenters. The average Bonchev–Trinajstić information content (AvgIpc) is 2.43. The van der Waals surface area contributed by atoms with Crippen molar-refractivity contribution in [2.45, 2.75) is 52.1 Å². The molecule has 1 aromatic rings. The molecule has 0 heterocycles. The first-order chi connectivity index (χ1) is 9.47. The van der Waals surface area contributed by atoms with E-state index in [0.717, 1.165) is 24.3 Å². The maximum atomic E-state index is 12.2. The minimum absolute atomic E-state index is 0.0550. The number of nitrogens with two attached hydrogens (primary N) is 1. The fraction of sp³-hybridized carbons (Fsp3) is 0.588. The molecule has 3 heteroatoms. The van der Waals surface area contributed by atoms with Gasteiger partial charge in [-0.15, -0.1) is 0 Å². The van der Waals surface area contributed by atoms with E-state index in [0.29, 0.717) is 5.92 Å². The molecule has 20 heavy (non-hydrogen) atoms. The lowest BCUT2D eigenvalue weighted by molar-refractivity contribution is -0.123. The lowest BCUT2D eigenvalue weighted by atomic mass is 9.79. The van der Waals surface area contributed by atoms with Gasteiger partial charge in [-0.3, -0.25) is 4.79 Å². The molecule has 3 nitrogen and oxygen atoms in total. The molecule has 0 aliphatic heterocycles. The van der Waals surface area contributed by atoms with Gasteiger partial charge in [-0.25, -0.2) is 0 Å². The number of nitrogens with one attached hydrogen (secondary N) is 1. The number of carbonyl (C=O) groups is 1. The van der Waals surface area contributed by atoms with Crippen molar-refractivity contribution < 1.29 is 4.79 Å². The second-order valence-electron chi connectivity index (χ2n) is 6.36. The summed E-state index contributed by atoms with van der Waals surface area (Å²) in [7, 11) is 0. The Kier molecular flexibility index (Phi) is 4.81. The Bertz CT molecular complexity index is 455. The maximum absolute atomic E-state index is 12.2. The second-order valence-corrected chi connectivity index (χ2v) is 6.36. The Hall–Kier alpha value is -1.35. The molecule has 1 fully saturated rings. The summed E-state index contributed by atoms with van der Waals surface area (Å²) in [5.74, 6) is 1.37. The van der Waals surface area contributed by atoms with Gasteiger partial charge >= 0.3 is 0 Å². The Balaban J connectivity index is 1.93. The quantitative estimate of drug-likeness (QED) is 0.890. The molecule has 1 aliphatic carbocycles. The number of hydrogen-bond acceptors (Lipinski definition) is 2. The predicted molar refractivity (Wildman–Crippen MR) is 82.2 cm³/mol. The highest BCUT2D eigenvalue weighted by molar-refractivity contribution is 5.83. The van der Waals surface area contributed by atoms with Crippen molar-refractivity contribution in [1.29, 1.82) is 0 Å². The number of benzene rings is 1. The number of amides is 1. The molecule has 2 rings (SSSR count). The lowest BCUT2D eigenvalue weighted by Crippen LogP contribution is -2.43. The summed E-state index contributed by atoms with van der Waals surface area (Å²) >= 11 is 0. The highest BCUT2D eigenvalue weighted by Gasteiger charge is 2.27. The van der Waals surface area contributed by atoms with Crippen LogP contribution in [0.5, 0.6) is 0 Å². The zero-order chi connectivity index (χ0) is 14.7. The predicted octanol–water partition coefficient (Wildman–Crippen LogP) is 2.94. The topological polar surface area (TPSA) is 55.1 Å². The standard InChI is InChI=1S/C17H26N2O/c1-11-4-7-14(8-5-11)16(18)17(20)19-15-9-6-12(2)13(3)10-15/h4-5,7-8,12-13,15-16H,6,9-10,18H2,1-3H3,(H,19,20). The molecule has 0 aromatic heterocycles. The summed E-state index contributed by atoms with van der Waals surface area (Å²) in [6, 6.07) is 7.58. The minimum Gasteiger partial charge on any atom is -0.352 e. The van der Waals surface area contributed by atoms with Crippen molar-refractivity contribution >= 4 is 5.91 Å². The van der Waals surface area contributed by atoms with Gasteiger partial charge < -0.3 is 11.1 Å². The monoisotopic (exact) mass is 274 g/mol. The number of aryl methyl sites for hydroxylation is 1. The number of rotatable bonds is 3. The smallest absolute Gasteiger partial charge is 0.241 e. The van der Waals surface area contributed by atoms with Crippen molar-refractivity contribution in [2.75, 3.05) is 0 Å². The first kappa shape index (κ1) is 15.0. The van der Waals surface area contributed by atoms with Gasteiger partial charge in [0.2, 0.25) is 5.91 Å². The maximum Gasteiger partial charge on any atom is 0.241 e. The Morgan fingerprint density at radius 2 is 1.85 bits per heavy atom. The molecule has 4 unspecified atom stereocenters. The van der Waals surface area contributed by atoms with E-state index in [1.54, 1.807) is 0 Å². The van der Waals surface area contributed by atoms with E-state index in [2.05, 4.69) is 19.2 Å². The summed E-state index contributed by atoms with van der Waals surface area (Å²) in [5.41, 5.74) is 8.11. The van der Waals surface area contributed by atoms with Crippen molar-refractivity contribution in [3.8, 4) is 0 Å². The van der Waals surface area contributed by atoms with Crippen LogP contribution in [0.4, 0.5) is 0 Å². The van der Waals surface area contributed by atoms with Crippen molar-refractivity contribution in [3.05, 3.63) is 35.4 Å². The van der Waals surface area contributed by atoms with Gasteiger partial charge in [0.1, 0.15) is 6.04 Å². The van der Waals surface area contributed by atoms with E-state index in [4.69, 9.17) is 5.73 Å². The Labute approximate surface area is 121 Å². The van der Waals surface area contributed by atoms with Crippen LogP contribution in [-0.2, 0) is 4.79 Å². The fourth-order valence-electron chi connectivity index (χ4n) is 2.89. The van der Waals surface area contributed by atoms with Gasteiger partial charge in [0.05, 0.1) is 0 Å². The van der Waals surface area contributed by atoms with Crippen molar-refractivity contribution in [3.63, 3.8) is 0 Å². The zero-order valence-corrected chi connectivity index (χ0v) is 12.7. The largest absolute Gasteiger partial charge is 0.352 e. The third kappa shape index (κ3) is 3.60. The molecule has 110 valence electrons. The third-order valence-electron chi connectivity index (χ3n) is 4.66. The van der Waals surface area contributed by atoms with Crippen LogP contribution in [0.15, 0.2) is 24.3 Å². The summed E-state index contributed by atoms with van der Waals surface area (Å²) < 4.78 is 0. The minimum atomic E-state index is -0.565. The normalized spacial score (nSPS) is 27.9. The summed E-state index contributed by atoms with van der Waals surface area (Å²) in [6.45, 7) is 6.59. The molecule has 1 aliphatic rings. The van der Waals surface area contributed by atoms with E-state index in [9.17, 15) is 4.79 Å². The first-order valence-corrected chi connectivity index (χ1v) is 7.60. The molecule has 0 saturated heterocycles. The van der Waals surface area contributed by atoms with Gasteiger partial charge in [-0.05, 0) is 43.6 Å². The van der Waals surface area contributed by atoms with Gasteiger partial charge in [-0.2, -0.15) is 0 Å². The molecule has 1 amide bonds. The molecule has 3 N–H and O–H groups in total. The van der Waals surface area contributed by atoms with E-state index in [1.807, 2.05) is 31.2 Å². The highest BCUT2D eigenvalue weighted by atomic mass is 16.2. The fourth-order valence-corrected chi connectivity index (χ4v) is 2.89. The molecular formula is C17H26N2O. The van der Waals surface area contributed by atoms with E-state index < -0.39 is 6.04 Å². The van der Waals surface area contributed by atoms with Crippen LogP contribution in [0.1, 0.15) is 50.3 Å². The van der Waals surface area contributed by atoms with E-state index >= 15 is 0 Å². The molecule has 0 bridgehead atoms. The van der Waals surface area contributed by atoms with Crippen LogP contribution in [-0.4, -0.2) is 11.9 Å². The SMILES string of the molecule is Cc1ccc(C(N)C(=O)NC2CCC(C)C(C)C2)cc1.